The van der Waals surface area contributed by atoms with Gasteiger partial charge in [0, 0.05) is 17.6 Å². The normalized spacial score (nSPS) is 16.1. The molecule has 7 nitrogen and oxygen atoms in total. The number of nitrogens with two attached hydrogens (primary N) is 1. The highest BCUT2D eigenvalue weighted by atomic mass is 35.6. The van der Waals surface area contributed by atoms with E-state index in [0.29, 0.717) is 35.4 Å². The van der Waals surface area contributed by atoms with Gasteiger partial charge >= 0.3 is 0 Å². The molecule has 0 atom stereocenters. The van der Waals surface area contributed by atoms with Gasteiger partial charge < -0.3 is 20.5 Å². The van der Waals surface area contributed by atoms with Crippen molar-refractivity contribution in [2.24, 2.45) is 5.73 Å². The van der Waals surface area contributed by atoms with Crippen LogP contribution >= 0.6 is 34.8 Å². The van der Waals surface area contributed by atoms with Crippen LogP contribution < -0.4 is 20.5 Å². The Labute approximate surface area is 178 Å². The molecule has 1 saturated carbocycles. The Hall–Kier alpha value is -1.54. The smallest absolute Gasteiger partial charge is 0.250 e. The predicted octanol–water partition coefficient (Wildman–Crippen LogP) is 4.07. The van der Waals surface area contributed by atoms with Crippen LogP contribution in [0.4, 0.5) is 5.95 Å². The molecule has 0 aliphatic heterocycles. The molecule has 28 heavy (non-hydrogen) atoms. The highest BCUT2D eigenvalue weighted by Gasteiger charge is 2.31. The summed E-state index contributed by atoms with van der Waals surface area (Å²) < 4.78 is 8.82. The van der Waals surface area contributed by atoms with Gasteiger partial charge in [-0.1, -0.05) is 47.6 Å². The molecule has 1 aromatic carbocycles. The second-order valence-corrected chi connectivity index (χ2v) is 9.08. The zero-order valence-corrected chi connectivity index (χ0v) is 17.9. The standard InChI is InChI=1S/C18H22Cl3N5O2/c1-27-12-6-5-11(9-13(12)28-2)14-24-15(18(19,20)21)26-16(25-14)23-10-17(22)7-3-4-8-17/h5-6,9H,3-4,7-8,10,22H2,1-2H3,(H,23,24,25,26). The number of aromatic nitrogens is 3. The zero-order valence-electron chi connectivity index (χ0n) is 15.6. The summed E-state index contributed by atoms with van der Waals surface area (Å²) in [7, 11) is 3.12. The molecule has 0 spiro atoms. The van der Waals surface area contributed by atoms with Crippen LogP contribution in [0.15, 0.2) is 18.2 Å². The summed E-state index contributed by atoms with van der Waals surface area (Å²) in [6, 6.07) is 5.30. The lowest BCUT2D eigenvalue weighted by atomic mass is 10.00. The van der Waals surface area contributed by atoms with Crippen LogP contribution in [-0.2, 0) is 3.79 Å². The van der Waals surface area contributed by atoms with E-state index in [2.05, 4.69) is 20.3 Å². The molecule has 3 N–H and O–H groups in total. The summed E-state index contributed by atoms with van der Waals surface area (Å²) in [5.74, 6) is 1.80. The minimum atomic E-state index is -1.79. The molecule has 1 aliphatic carbocycles. The number of halogens is 3. The Balaban J connectivity index is 1.96. The van der Waals surface area contributed by atoms with Crippen molar-refractivity contribution in [2.75, 3.05) is 26.1 Å². The van der Waals surface area contributed by atoms with Crippen molar-refractivity contribution in [1.82, 2.24) is 15.0 Å². The summed E-state index contributed by atoms with van der Waals surface area (Å²) in [6.45, 7) is 0.529. The van der Waals surface area contributed by atoms with Gasteiger partial charge in [0.2, 0.25) is 9.74 Å². The Morgan fingerprint density at radius 3 is 2.36 bits per heavy atom. The monoisotopic (exact) mass is 445 g/mol. The van der Waals surface area contributed by atoms with Crippen molar-refractivity contribution < 1.29 is 9.47 Å². The van der Waals surface area contributed by atoms with Gasteiger partial charge in [-0.2, -0.15) is 9.97 Å². The first-order chi connectivity index (χ1) is 13.2. The lowest BCUT2D eigenvalue weighted by molar-refractivity contribution is 0.355. The average Bonchev–Trinajstić information content (AvgIpc) is 3.12. The maximum absolute atomic E-state index is 6.41. The van der Waals surface area contributed by atoms with E-state index in [1.807, 2.05) is 0 Å². The zero-order chi connectivity index (χ0) is 20.4. The number of alkyl halides is 3. The lowest BCUT2D eigenvalue weighted by Gasteiger charge is -2.24. The summed E-state index contributed by atoms with van der Waals surface area (Å²) in [5, 5.41) is 3.18. The predicted molar refractivity (Wildman–Crippen MR) is 111 cm³/mol. The maximum Gasteiger partial charge on any atom is 0.250 e. The Morgan fingerprint density at radius 2 is 1.75 bits per heavy atom. The summed E-state index contributed by atoms with van der Waals surface area (Å²) in [6.07, 6.45) is 4.13. The quantitative estimate of drug-likeness (QED) is 0.646. The van der Waals surface area contributed by atoms with Gasteiger partial charge in [0.05, 0.1) is 14.2 Å². The molecule has 0 saturated heterocycles. The van der Waals surface area contributed by atoms with Crippen molar-refractivity contribution in [3.05, 3.63) is 24.0 Å². The SMILES string of the molecule is COc1ccc(-c2nc(NCC3(N)CCCC3)nc(C(Cl)(Cl)Cl)n2)cc1OC. The Kier molecular flexibility index (Phi) is 6.39. The number of anilines is 1. The van der Waals surface area contributed by atoms with E-state index in [4.69, 9.17) is 50.0 Å². The number of hydrogen-bond donors (Lipinski definition) is 2. The number of rotatable bonds is 6. The van der Waals surface area contributed by atoms with Crippen molar-refractivity contribution in [2.45, 2.75) is 35.0 Å². The van der Waals surface area contributed by atoms with E-state index < -0.39 is 3.79 Å². The largest absolute Gasteiger partial charge is 0.493 e. The Bertz CT molecular complexity index is 838. The number of hydrogen-bond acceptors (Lipinski definition) is 7. The molecule has 10 heteroatoms. The van der Waals surface area contributed by atoms with Crippen LogP contribution in [0.3, 0.4) is 0 Å². The van der Waals surface area contributed by atoms with Crippen LogP contribution in [0, 0.1) is 0 Å². The summed E-state index contributed by atoms with van der Waals surface area (Å²) in [4.78, 5) is 13.1. The number of ether oxygens (including phenoxy) is 2. The lowest BCUT2D eigenvalue weighted by Crippen LogP contribution is -2.43. The molecule has 1 aliphatic rings. The van der Waals surface area contributed by atoms with Gasteiger partial charge in [-0.3, -0.25) is 0 Å². The fraction of sp³-hybridized carbons (Fsp3) is 0.500. The van der Waals surface area contributed by atoms with E-state index in [1.54, 1.807) is 32.4 Å². The second-order valence-electron chi connectivity index (χ2n) is 6.80. The van der Waals surface area contributed by atoms with Crippen LogP contribution in [0.5, 0.6) is 11.5 Å². The fourth-order valence-corrected chi connectivity index (χ4v) is 3.45. The summed E-state index contributed by atoms with van der Waals surface area (Å²) in [5.41, 5.74) is 6.79. The number of benzene rings is 1. The van der Waals surface area contributed by atoms with E-state index in [-0.39, 0.29) is 11.4 Å². The molecule has 0 radical (unpaired) electrons. The first-order valence-electron chi connectivity index (χ1n) is 8.82. The van der Waals surface area contributed by atoms with Crippen molar-refractivity contribution >= 4 is 40.8 Å². The van der Waals surface area contributed by atoms with Gasteiger partial charge in [0.15, 0.2) is 23.1 Å². The molecular formula is C18H22Cl3N5O2. The van der Waals surface area contributed by atoms with E-state index >= 15 is 0 Å². The third-order valence-electron chi connectivity index (χ3n) is 4.73. The van der Waals surface area contributed by atoms with Crippen LogP contribution in [-0.4, -0.2) is 41.3 Å². The van der Waals surface area contributed by atoms with Crippen molar-refractivity contribution in [3.63, 3.8) is 0 Å². The van der Waals surface area contributed by atoms with Crippen LogP contribution in [0.1, 0.15) is 31.5 Å². The Morgan fingerprint density at radius 1 is 1.07 bits per heavy atom. The molecule has 2 aromatic rings. The highest BCUT2D eigenvalue weighted by molar-refractivity contribution is 6.66. The van der Waals surface area contributed by atoms with Crippen LogP contribution in [0.25, 0.3) is 11.4 Å². The summed E-state index contributed by atoms with van der Waals surface area (Å²) >= 11 is 18.1. The average molecular weight is 447 g/mol. The number of nitrogens with zero attached hydrogens (tertiary/aromatic N) is 3. The van der Waals surface area contributed by atoms with E-state index in [1.165, 1.54) is 0 Å². The maximum atomic E-state index is 6.41. The van der Waals surface area contributed by atoms with Gasteiger partial charge in [0.1, 0.15) is 0 Å². The van der Waals surface area contributed by atoms with E-state index in [0.717, 1.165) is 25.7 Å². The number of methoxy groups -OCH3 is 2. The van der Waals surface area contributed by atoms with Crippen LogP contribution in [0.2, 0.25) is 0 Å². The molecule has 0 bridgehead atoms. The molecule has 1 aromatic heterocycles. The molecular weight excluding hydrogens is 425 g/mol. The van der Waals surface area contributed by atoms with Gasteiger partial charge in [-0.25, -0.2) is 4.98 Å². The molecule has 152 valence electrons. The first kappa shape index (κ1) is 21.2. The first-order valence-corrected chi connectivity index (χ1v) is 9.96. The molecule has 1 fully saturated rings. The molecule has 0 unspecified atom stereocenters. The van der Waals surface area contributed by atoms with Gasteiger partial charge in [0.25, 0.3) is 0 Å². The second kappa shape index (κ2) is 8.45. The minimum Gasteiger partial charge on any atom is -0.493 e. The molecule has 3 rings (SSSR count). The molecule has 1 heterocycles. The van der Waals surface area contributed by atoms with E-state index in [9.17, 15) is 0 Å². The topological polar surface area (TPSA) is 95.2 Å². The number of nitrogens with one attached hydrogen (secondary N) is 1. The third-order valence-corrected chi connectivity index (χ3v) is 5.24. The fourth-order valence-electron chi connectivity index (χ4n) is 3.20. The molecule has 0 amide bonds. The van der Waals surface area contributed by atoms with Crippen molar-refractivity contribution in [3.8, 4) is 22.9 Å². The van der Waals surface area contributed by atoms with Gasteiger partial charge in [-0.15, -0.1) is 0 Å². The van der Waals surface area contributed by atoms with Gasteiger partial charge in [-0.05, 0) is 31.0 Å². The third kappa shape index (κ3) is 4.89. The highest BCUT2D eigenvalue weighted by Crippen LogP contribution is 2.38. The van der Waals surface area contributed by atoms with Crippen molar-refractivity contribution in [1.29, 1.82) is 0 Å². The minimum absolute atomic E-state index is 0.0253.